The van der Waals surface area contributed by atoms with Crippen molar-refractivity contribution in [1.29, 1.82) is 0 Å². The first-order valence-electron chi connectivity index (χ1n) is 8.34. The zero-order valence-electron chi connectivity index (χ0n) is 15.3. The Bertz CT molecular complexity index is 1050. The number of nitrogens with zero attached hydrogens (tertiary/aromatic N) is 3. The molecule has 0 aliphatic heterocycles. The number of pyridine rings is 1. The predicted octanol–water partition coefficient (Wildman–Crippen LogP) is 4.67. The van der Waals surface area contributed by atoms with E-state index < -0.39 is 29.4 Å². The SMILES string of the molecule is CN(C)C(=O)Cc1c(-c2ccc(C(F)(F)F)cc2)nc2ccc(C(F)(F)F)cn12. The van der Waals surface area contributed by atoms with Crippen molar-refractivity contribution in [3.63, 3.8) is 0 Å². The van der Waals surface area contributed by atoms with Crippen LogP contribution >= 0.6 is 0 Å². The highest BCUT2D eigenvalue weighted by Crippen LogP contribution is 2.34. The van der Waals surface area contributed by atoms with Gasteiger partial charge in [-0.25, -0.2) is 4.98 Å². The Morgan fingerprint density at radius 2 is 1.48 bits per heavy atom. The summed E-state index contributed by atoms with van der Waals surface area (Å²) < 4.78 is 78.9. The Kier molecular flexibility index (Phi) is 5.06. The van der Waals surface area contributed by atoms with E-state index in [4.69, 9.17) is 0 Å². The topological polar surface area (TPSA) is 37.6 Å². The number of imidazole rings is 1. The van der Waals surface area contributed by atoms with Crippen LogP contribution in [0.1, 0.15) is 16.8 Å². The number of hydrogen-bond donors (Lipinski definition) is 0. The molecule has 0 spiro atoms. The van der Waals surface area contributed by atoms with E-state index in [0.717, 1.165) is 34.9 Å². The second-order valence-corrected chi connectivity index (χ2v) is 6.59. The van der Waals surface area contributed by atoms with Crippen LogP contribution in [0.3, 0.4) is 0 Å². The molecular formula is C19H15F6N3O. The number of aromatic nitrogens is 2. The van der Waals surface area contributed by atoms with Gasteiger partial charge in [-0.1, -0.05) is 12.1 Å². The molecule has 4 nitrogen and oxygen atoms in total. The first-order chi connectivity index (χ1) is 13.4. The average molecular weight is 415 g/mol. The van der Waals surface area contributed by atoms with Gasteiger partial charge in [-0.3, -0.25) is 4.79 Å². The number of amides is 1. The van der Waals surface area contributed by atoms with Crippen molar-refractivity contribution in [2.24, 2.45) is 0 Å². The van der Waals surface area contributed by atoms with E-state index in [1.165, 1.54) is 31.1 Å². The first-order valence-corrected chi connectivity index (χ1v) is 8.34. The molecule has 0 aliphatic carbocycles. The van der Waals surface area contributed by atoms with Crippen molar-refractivity contribution < 1.29 is 31.1 Å². The highest BCUT2D eigenvalue weighted by atomic mass is 19.4. The van der Waals surface area contributed by atoms with Gasteiger partial charge in [0.15, 0.2) is 0 Å². The second kappa shape index (κ2) is 7.09. The maximum atomic E-state index is 13.1. The summed E-state index contributed by atoms with van der Waals surface area (Å²) in [5.41, 5.74) is -1.08. The summed E-state index contributed by atoms with van der Waals surface area (Å²) in [7, 11) is 2.98. The monoisotopic (exact) mass is 415 g/mol. The van der Waals surface area contributed by atoms with E-state index >= 15 is 0 Å². The highest BCUT2D eigenvalue weighted by molar-refractivity contribution is 5.81. The van der Waals surface area contributed by atoms with Crippen LogP contribution in [-0.4, -0.2) is 34.3 Å². The maximum absolute atomic E-state index is 13.1. The summed E-state index contributed by atoms with van der Waals surface area (Å²) in [6.45, 7) is 0. The Labute approximate surface area is 161 Å². The molecule has 1 aromatic carbocycles. The van der Waals surface area contributed by atoms with E-state index in [-0.39, 0.29) is 29.0 Å². The van der Waals surface area contributed by atoms with Crippen LogP contribution < -0.4 is 0 Å². The summed E-state index contributed by atoms with van der Waals surface area (Å²) in [6.07, 6.45) is -8.57. The van der Waals surface area contributed by atoms with Gasteiger partial charge in [-0.2, -0.15) is 26.3 Å². The van der Waals surface area contributed by atoms with Gasteiger partial charge < -0.3 is 9.30 Å². The summed E-state index contributed by atoms with van der Waals surface area (Å²) >= 11 is 0. The Balaban J connectivity index is 2.18. The Morgan fingerprint density at radius 3 is 2.00 bits per heavy atom. The second-order valence-electron chi connectivity index (χ2n) is 6.59. The van der Waals surface area contributed by atoms with Crippen molar-refractivity contribution >= 4 is 11.6 Å². The molecule has 0 saturated heterocycles. The predicted molar refractivity (Wildman–Crippen MR) is 93.0 cm³/mol. The van der Waals surface area contributed by atoms with Gasteiger partial charge in [0, 0.05) is 25.9 Å². The minimum atomic E-state index is -4.60. The summed E-state index contributed by atoms with van der Waals surface area (Å²) in [6, 6.07) is 6.09. The van der Waals surface area contributed by atoms with Crippen LogP contribution in [0.5, 0.6) is 0 Å². The third-order valence-corrected chi connectivity index (χ3v) is 4.35. The minimum absolute atomic E-state index is 0.147. The van der Waals surface area contributed by atoms with Crippen LogP contribution in [-0.2, 0) is 23.6 Å². The summed E-state index contributed by atoms with van der Waals surface area (Å²) in [5, 5.41) is 0. The quantitative estimate of drug-likeness (QED) is 0.583. The molecule has 154 valence electrons. The molecule has 29 heavy (non-hydrogen) atoms. The van der Waals surface area contributed by atoms with Gasteiger partial charge in [0.1, 0.15) is 5.65 Å². The number of benzene rings is 1. The van der Waals surface area contributed by atoms with E-state index in [1.807, 2.05) is 0 Å². The third kappa shape index (κ3) is 4.20. The van der Waals surface area contributed by atoms with Gasteiger partial charge in [0.2, 0.25) is 5.91 Å². The fourth-order valence-corrected chi connectivity index (χ4v) is 2.78. The van der Waals surface area contributed by atoms with Crippen LogP contribution in [0.15, 0.2) is 42.6 Å². The molecule has 0 fully saturated rings. The zero-order valence-corrected chi connectivity index (χ0v) is 15.3. The smallest absolute Gasteiger partial charge is 0.348 e. The lowest BCUT2D eigenvalue weighted by Gasteiger charge is -2.12. The van der Waals surface area contributed by atoms with Crippen molar-refractivity contribution in [2.75, 3.05) is 14.1 Å². The number of carbonyl (C=O) groups excluding carboxylic acids is 1. The molecule has 0 atom stereocenters. The van der Waals surface area contributed by atoms with Gasteiger partial charge in [-0.15, -0.1) is 0 Å². The summed E-state index contributed by atoms with van der Waals surface area (Å²) in [5.74, 6) is -0.391. The van der Waals surface area contributed by atoms with Gasteiger partial charge >= 0.3 is 12.4 Å². The fourth-order valence-electron chi connectivity index (χ4n) is 2.78. The molecule has 0 N–H and O–H groups in total. The number of hydrogen-bond acceptors (Lipinski definition) is 2. The number of carbonyl (C=O) groups is 1. The fraction of sp³-hybridized carbons (Fsp3) is 0.263. The lowest BCUT2D eigenvalue weighted by molar-refractivity contribution is -0.138. The van der Waals surface area contributed by atoms with Crippen molar-refractivity contribution in [2.45, 2.75) is 18.8 Å². The average Bonchev–Trinajstić information content (AvgIpc) is 2.98. The third-order valence-electron chi connectivity index (χ3n) is 4.35. The van der Waals surface area contributed by atoms with Crippen LogP contribution in [0.2, 0.25) is 0 Å². The summed E-state index contributed by atoms with van der Waals surface area (Å²) in [4.78, 5) is 17.7. The van der Waals surface area contributed by atoms with Gasteiger partial charge in [0.25, 0.3) is 0 Å². The number of likely N-dealkylation sites (N-methyl/N-ethyl adjacent to an activating group) is 1. The molecular weight excluding hydrogens is 400 g/mol. The molecule has 2 aromatic heterocycles. The molecule has 2 heterocycles. The van der Waals surface area contributed by atoms with Crippen molar-refractivity contribution in [3.05, 3.63) is 59.4 Å². The number of alkyl halides is 6. The minimum Gasteiger partial charge on any atom is -0.348 e. The zero-order chi connectivity index (χ0) is 21.6. The normalized spacial score (nSPS) is 12.4. The lowest BCUT2D eigenvalue weighted by atomic mass is 10.1. The Morgan fingerprint density at radius 1 is 0.931 bits per heavy atom. The van der Waals surface area contributed by atoms with Crippen LogP contribution in [0.25, 0.3) is 16.9 Å². The highest BCUT2D eigenvalue weighted by Gasteiger charge is 2.32. The standard InChI is InChI=1S/C19H15F6N3O/c1-27(2)16(29)9-14-17(11-3-5-12(6-4-11)18(20,21)22)26-15-8-7-13(10-28(14)15)19(23,24)25/h3-8,10H,9H2,1-2H3. The maximum Gasteiger partial charge on any atom is 0.417 e. The first kappa shape index (κ1) is 20.7. The molecule has 3 rings (SSSR count). The molecule has 0 saturated carbocycles. The lowest BCUT2D eigenvalue weighted by Crippen LogP contribution is -2.24. The van der Waals surface area contributed by atoms with Gasteiger partial charge in [-0.05, 0) is 24.3 Å². The molecule has 0 bridgehead atoms. The van der Waals surface area contributed by atoms with Gasteiger partial charge in [0.05, 0.1) is 28.9 Å². The number of rotatable bonds is 3. The molecule has 0 unspecified atom stereocenters. The molecule has 3 aromatic rings. The van der Waals surface area contributed by atoms with E-state index in [2.05, 4.69) is 4.98 Å². The molecule has 1 amide bonds. The van der Waals surface area contributed by atoms with E-state index in [1.54, 1.807) is 0 Å². The van der Waals surface area contributed by atoms with Crippen molar-refractivity contribution in [1.82, 2.24) is 14.3 Å². The van der Waals surface area contributed by atoms with Crippen LogP contribution in [0, 0.1) is 0 Å². The molecule has 0 radical (unpaired) electrons. The van der Waals surface area contributed by atoms with E-state index in [9.17, 15) is 31.1 Å². The molecule has 10 heteroatoms. The number of fused-ring (bicyclic) bond motifs is 1. The van der Waals surface area contributed by atoms with Crippen LogP contribution in [0.4, 0.5) is 26.3 Å². The largest absolute Gasteiger partial charge is 0.417 e. The van der Waals surface area contributed by atoms with Crippen molar-refractivity contribution in [3.8, 4) is 11.3 Å². The Hall–Kier alpha value is -3.04. The van der Waals surface area contributed by atoms with E-state index in [0.29, 0.717) is 0 Å². The number of halogens is 6. The molecule has 0 aliphatic rings.